The van der Waals surface area contributed by atoms with Crippen LogP contribution in [0.2, 0.25) is 0 Å². The standard InChI is InChI=1S/C24H21N3O/c1-28-22-14-13-20(17-7-2-3-8-18(17)22)26-24(25)27-21-12-10-16-6-4-5-15-9-11-19(21)23(15)16/h2-8,10,12-14H,9,11H2,1H3,(H3,25,26,27). The number of ether oxygens (including phenoxy) is 1. The van der Waals surface area contributed by atoms with E-state index in [0.717, 1.165) is 40.7 Å². The molecule has 0 saturated carbocycles. The molecule has 0 bridgehead atoms. The molecule has 0 atom stereocenters. The zero-order valence-corrected chi connectivity index (χ0v) is 15.7. The van der Waals surface area contributed by atoms with Crippen LogP contribution in [-0.4, -0.2) is 13.1 Å². The number of nitrogens with zero attached hydrogens (tertiary/aromatic N) is 1. The Labute approximate surface area is 163 Å². The van der Waals surface area contributed by atoms with Crippen molar-refractivity contribution in [3.8, 4) is 5.75 Å². The van der Waals surface area contributed by atoms with Gasteiger partial charge in [-0.25, -0.2) is 4.99 Å². The normalized spacial score (nSPS) is 13.2. The fourth-order valence-electron chi connectivity index (χ4n) is 4.20. The second-order valence-electron chi connectivity index (χ2n) is 7.06. The summed E-state index contributed by atoms with van der Waals surface area (Å²) in [6.45, 7) is 0. The monoisotopic (exact) mass is 367 g/mol. The molecular weight excluding hydrogens is 346 g/mol. The smallest absolute Gasteiger partial charge is 0.198 e. The highest BCUT2D eigenvalue weighted by molar-refractivity contribution is 6.05. The van der Waals surface area contributed by atoms with Crippen LogP contribution in [0.15, 0.2) is 71.7 Å². The predicted octanol–water partition coefficient (Wildman–Crippen LogP) is 5.16. The molecule has 0 fully saturated rings. The van der Waals surface area contributed by atoms with Gasteiger partial charge in [-0.2, -0.15) is 0 Å². The highest BCUT2D eigenvalue weighted by Crippen LogP contribution is 2.37. The van der Waals surface area contributed by atoms with Gasteiger partial charge in [0.05, 0.1) is 12.8 Å². The van der Waals surface area contributed by atoms with Crippen molar-refractivity contribution in [2.45, 2.75) is 12.8 Å². The Hall–Kier alpha value is -3.53. The van der Waals surface area contributed by atoms with E-state index < -0.39 is 0 Å². The lowest BCUT2D eigenvalue weighted by Crippen LogP contribution is -2.22. The number of hydrogen-bond donors (Lipinski definition) is 2. The summed E-state index contributed by atoms with van der Waals surface area (Å²) >= 11 is 0. The highest BCUT2D eigenvalue weighted by Gasteiger charge is 2.17. The summed E-state index contributed by atoms with van der Waals surface area (Å²) in [6, 6.07) is 22.7. The summed E-state index contributed by atoms with van der Waals surface area (Å²) in [5.74, 6) is 1.22. The molecule has 0 amide bonds. The zero-order chi connectivity index (χ0) is 19.1. The summed E-state index contributed by atoms with van der Waals surface area (Å²) in [5.41, 5.74) is 10.8. The van der Waals surface area contributed by atoms with Crippen molar-refractivity contribution in [1.82, 2.24) is 0 Å². The number of benzene rings is 4. The number of hydrogen-bond acceptors (Lipinski definition) is 2. The van der Waals surface area contributed by atoms with E-state index in [9.17, 15) is 0 Å². The number of aryl methyl sites for hydroxylation is 2. The third kappa shape index (κ3) is 2.65. The predicted molar refractivity (Wildman–Crippen MR) is 117 cm³/mol. The maximum absolute atomic E-state index is 6.29. The first-order valence-corrected chi connectivity index (χ1v) is 9.45. The summed E-state index contributed by atoms with van der Waals surface area (Å²) in [6.07, 6.45) is 2.07. The van der Waals surface area contributed by atoms with E-state index in [1.165, 1.54) is 21.9 Å². The molecule has 0 unspecified atom stereocenters. The molecule has 1 aliphatic carbocycles. The van der Waals surface area contributed by atoms with Crippen molar-refractivity contribution in [3.63, 3.8) is 0 Å². The van der Waals surface area contributed by atoms with Gasteiger partial charge in [-0.05, 0) is 52.9 Å². The van der Waals surface area contributed by atoms with E-state index >= 15 is 0 Å². The molecule has 0 heterocycles. The molecule has 4 heteroatoms. The third-order valence-electron chi connectivity index (χ3n) is 5.47. The molecule has 28 heavy (non-hydrogen) atoms. The SMILES string of the molecule is COc1ccc(NC(N)=Nc2ccc3cccc4c3c2CC4)c2ccccc12. The maximum atomic E-state index is 6.29. The fourth-order valence-corrected chi connectivity index (χ4v) is 4.20. The van der Waals surface area contributed by atoms with Crippen molar-refractivity contribution in [3.05, 3.63) is 77.9 Å². The molecule has 0 saturated heterocycles. The van der Waals surface area contributed by atoms with Crippen LogP contribution >= 0.6 is 0 Å². The van der Waals surface area contributed by atoms with E-state index in [1.54, 1.807) is 7.11 Å². The van der Waals surface area contributed by atoms with Gasteiger partial charge < -0.3 is 15.8 Å². The Morgan fingerprint density at radius 3 is 2.64 bits per heavy atom. The van der Waals surface area contributed by atoms with E-state index in [1.807, 2.05) is 30.3 Å². The Kier molecular flexibility index (Phi) is 3.90. The van der Waals surface area contributed by atoms with Gasteiger partial charge >= 0.3 is 0 Å². The van der Waals surface area contributed by atoms with Gasteiger partial charge in [0, 0.05) is 16.5 Å². The van der Waals surface area contributed by atoms with Crippen molar-refractivity contribution in [2.24, 2.45) is 10.7 Å². The first kappa shape index (κ1) is 16.6. The zero-order valence-electron chi connectivity index (χ0n) is 15.7. The largest absolute Gasteiger partial charge is 0.496 e. The number of anilines is 1. The molecule has 138 valence electrons. The van der Waals surface area contributed by atoms with Crippen LogP contribution in [0.25, 0.3) is 21.5 Å². The second kappa shape index (κ2) is 6.57. The molecule has 3 N–H and O–H groups in total. The van der Waals surface area contributed by atoms with Crippen LogP contribution in [0, 0.1) is 0 Å². The third-order valence-corrected chi connectivity index (χ3v) is 5.47. The van der Waals surface area contributed by atoms with Gasteiger partial charge in [0.2, 0.25) is 0 Å². The molecule has 0 aromatic heterocycles. The minimum atomic E-state index is 0.385. The van der Waals surface area contributed by atoms with Gasteiger partial charge in [0.15, 0.2) is 5.96 Å². The molecule has 4 aromatic rings. The molecule has 0 radical (unpaired) electrons. The molecule has 0 aliphatic heterocycles. The lowest BCUT2D eigenvalue weighted by Gasteiger charge is -2.12. The molecule has 4 aromatic carbocycles. The highest BCUT2D eigenvalue weighted by atomic mass is 16.5. The molecule has 1 aliphatic rings. The van der Waals surface area contributed by atoms with Crippen LogP contribution in [0.5, 0.6) is 5.75 Å². The average molecular weight is 367 g/mol. The summed E-state index contributed by atoms with van der Waals surface area (Å²) < 4.78 is 5.47. The van der Waals surface area contributed by atoms with Crippen molar-refractivity contribution in [1.29, 1.82) is 0 Å². The van der Waals surface area contributed by atoms with Crippen molar-refractivity contribution >= 4 is 38.9 Å². The Morgan fingerprint density at radius 2 is 1.79 bits per heavy atom. The maximum Gasteiger partial charge on any atom is 0.198 e. The lowest BCUT2D eigenvalue weighted by atomic mass is 10.0. The van der Waals surface area contributed by atoms with Gasteiger partial charge in [0.1, 0.15) is 5.75 Å². The second-order valence-corrected chi connectivity index (χ2v) is 7.06. The topological polar surface area (TPSA) is 59.6 Å². The van der Waals surface area contributed by atoms with Crippen LogP contribution in [0.4, 0.5) is 11.4 Å². The van der Waals surface area contributed by atoms with Crippen LogP contribution < -0.4 is 15.8 Å². The number of nitrogens with one attached hydrogen (secondary N) is 1. The Bertz CT molecular complexity index is 1240. The molecular formula is C24H21N3O. The minimum absolute atomic E-state index is 0.385. The number of rotatable bonds is 3. The molecule has 5 rings (SSSR count). The van der Waals surface area contributed by atoms with Gasteiger partial charge in [-0.1, -0.05) is 48.5 Å². The van der Waals surface area contributed by atoms with Gasteiger partial charge in [-0.3, -0.25) is 0 Å². The Morgan fingerprint density at radius 1 is 0.929 bits per heavy atom. The van der Waals surface area contributed by atoms with Crippen LogP contribution in [-0.2, 0) is 12.8 Å². The van der Waals surface area contributed by atoms with Crippen molar-refractivity contribution in [2.75, 3.05) is 12.4 Å². The number of methoxy groups -OCH3 is 1. The Balaban J connectivity index is 1.54. The number of fused-ring (bicyclic) bond motifs is 1. The summed E-state index contributed by atoms with van der Waals surface area (Å²) in [4.78, 5) is 4.71. The lowest BCUT2D eigenvalue weighted by molar-refractivity contribution is 0.420. The van der Waals surface area contributed by atoms with Crippen LogP contribution in [0.3, 0.4) is 0 Å². The minimum Gasteiger partial charge on any atom is -0.496 e. The summed E-state index contributed by atoms with van der Waals surface area (Å²) in [7, 11) is 1.68. The fraction of sp³-hybridized carbons (Fsp3) is 0.125. The summed E-state index contributed by atoms with van der Waals surface area (Å²) in [5, 5.41) is 7.97. The first-order chi connectivity index (χ1) is 13.7. The van der Waals surface area contributed by atoms with Crippen molar-refractivity contribution < 1.29 is 4.74 Å². The van der Waals surface area contributed by atoms with Crippen LogP contribution in [0.1, 0.15) is 11.1 Å². The number of guanidine groups is 1. The van der Waals surface area contributed by atoms with E-state index in [-0.39, 0.29) is 0 Å². The van der Waals surface area contributed by atoms with Gasteiger partial charge in [-0.15, -0.1) is 0 Å². The van der Waals surface area contributed by atoms with E-state index in [4.69, 9.17) is 15.5 Å². The van der Waals surface area contributed by atoms with E-state index in [0.29, 0.717) is 5.96 Å². The number of aliphatic imine (C=N–C) groups is 1. The molecule has 0 spiro atoms. The van der Waals surface area contributed by atoms with Gasteiger partial charge in [0.25, 0.3) is 0 Å². The van der Waals surface area contributed by atoms with E-state index in [2.05, 4.69) is 41.7 Å². The number of nitrogens with two attached hydrogens (primary N) is 1. The molecule has 4 nitrogen and oxygen atoms in total. The average Bonchev–Trinajstić information content (AvgIpc) is 3.16. The first-order valence-electron chi connectivity index (χ1n) is 9.45. The quantitative estimate of drug-likeness (QED) is 0.388.